The molecule has 7 heteroatoms. The molecule has 0 unspecified atom stereocenters. The number of anilines is 1. The highest BCUT2D eigenvalue weighted by molar-refractivity contribution is 6.35. The van der Waals surface area contributed by atoms with Gasteiger partial charge in [0.05, 0.1) is 23.8 Å². The molecule has 2 aromatic rings. The van der Waals surface area contributed by atoms with Crippen molar-refractivity contribution >= 4 is 40.8 Å². The Labute approximate surface area is 162 Å². The molecule has 2 aromatic carbocycles. The molecule has 0 atom stereocenters. The Morgan fingerprint density at radius 2 is 1.92 bits per heavy atom. The number of ether oxygens (including phenoxy) is 2. The number of rotatable bonds is 8. The number of hydrogen-bond acceptors (Lipinski definition) is 4. The van der Waals surface area contributed by atoms with Gasteiger partial charge in [0.15, 0.2) is 0 Å². The molecule has 26 heavy (non-hydrogen) atoms. The number of amides is 1. The van der Waals surface area contributed by atoms with Crippen LogP contribution >= 0.6 is 23.2 Å². The van der Waals surface area contributed by atoms with Gasteiger partial charge in [-0.05, 0) is 49.7 Å². The van der Waals surface area contributed by atoms with Crippen molar-refractivity contribution < 1.29 is 19.1 Å². The Balaban J connectivity index is 1.78. The molecular weight excluding hydrogens is 377 g/mol. The largest absolute Gasteiger partial charge is 0.492 e. The van der Waals surface area contributed by atoms with E-state index in [4.69, 9.17) is 32.7 Å². The molecule has 0 aliphatic carbocycles. The zero-order chi connectivity index (χ0) is 18.9. The summed E-state index contributed by atoms with van der Waals surface area (Å²) in [6.07, 6.45) is 0.789. The van der Waals surface area contributed by atoms with Gasteiger partial charge in [0.25, 0.3) is 0 Å². The van der Waals surface area contributed by atoms with Crippen LogP contribution in [0.3, 0.4) is 0 Å². The van der Waals surface area contributed by atoms with Gasteiger partial charge in [-0.2, -0.15) is 0 Å². The highest BCUT2D eigenvalue weighted by atomic mass is 35.5. The van der Waals surface area contributed by atoms with Crippen LogP contribution in [0.15, 0.2) is 42.5 Å². The molecule has 0 saturated carbocycles. The minimum Gasteiger partial charge on any atom is -0.492 e. The van der Waals surface area contributed by atoms with Crippen LogP contribution in [0.4, 0.5) is 5.69 Å². The van der Waals surface area contributed by atoms with Crippen molar-refractivity contribution in [2.45, 2.75) is 19.8 Å². The molecule has 0 aromatic heterocycles. The van der Waals surface area contributed by atoms with Crippen LogP contribution < -0.4 is 10.1 Å². The van der Waals surface area contributed by atoms with E-state index in [1.54, 1.807) is 49.4 Å². The van der Waals surface area contributed by atoms with Gasteiger partial charge in [-0.25, -0.2) is 4.79 Å². The second-order valence-corrected chi connectivity index (χ2v) is 6.22. The topological polar surface area (TPSA) is 64.6 Å². The lowest BCUT2D eigenvalue weighted by Gasteiger charge is -2.09. The van der Waals surface area contributed by atoms with E-state index in [0.29, 0.717) is 46.7 Å². The van der Waals surface area contributed by atoms with Crippen LogP contribution in [-0.2, 0) is 9.53 Å². The maximum absolute atomic E-state index is 12.0. The third-order valence-electron chi connectivity index (χ3n) is 3.36. The van der Waals surface area contributed by atoms with Gasteiger partial charge < -0.3 is 14.8 Å². The van der Waals surface area contributed by atoms with Crippen LogP contribution in [-0.4, -0.2) is 25.1 Å². The predicted molar refractivity (Wildman–Crippen MR) is 102 cm³/mol. The second-order valence-electron chi connectivity index (χ2n) is 5.38. The van der Waals surface area contributed by atoms with Crippen molar-refractivity contribution in [3.8, 4) is 5.75 Å². The Morgan fingerprint density at radius 1 is 1.12 bits per heavy atom. The molecule has 5 nitrogen and oxygen atoms in total. The van der Waals surface area contributed by atoms with E-state index in [9.17, 15) is 9.59 Å². The summed E-state index contributed by atoms with van der Waals surface area (Å²) in [5.74, 6) is -0.0627. The quantitative estimate of drug-likeness (QED) is 0.506. The maximum Gasteiger partial charge on any atom is 0.338 e. The molecule has 0 aliphatic rings. The SMILES string of the molecule is CCOC(=O)c1cccc(NC(=O)CCCOc2ccc(Cl)cc2Cl)c1. The van der Waals surface area contributed by atoms with Crippen LogP contribution in [0.2, 0.25) is 10.0 Å². The zero-order valence-corrected chi connectivity index (χ0v) is 15.8. The molecule has 1 N–H and O–H groups in total. The summed E-state index contributed by atoms with van der Waals surface area (Å²) in [6.45, 7) is 2.38. The fourth-order valence-electron chi connectivity index (χ4n) is 2.17. The molecule has 0 heterocycles. The van der Waals surface area contributed by atoms with E-state index in [1.807, 2.05) is 0 Å². The number of carbonyl (C=O) groups excluding carboxylic acids is 2. The second kappa shape index (κ2) is 10.0. The van der Waals surface area contributed by atoms with Crippen molar-refractivity contribution in [2.24, 2.45) is 0 Å². The number of carbonyl (C=O) groups is 2. The number of nitrogens with one attached hydrogen (secondary N) is 1. The average molecular weight is 396 g/mol. The minimum atomic E-state index is -0.420. The van der Waals surface area contributed by atoms with E-state index >= 15 is 0 Å². The number of benzene rings is 2. The van der Waals surface area contributed by atoms with E-state index in [2.05, 4.69) is 5.32 Å². The molecule has 2 rings (SSSR count). The molecule has 0 spiro atoms. The molecule has 1 amide bonds. The van der Waals surface area contributed by atoms with Crippen molar-refractivity contribution in [1.29, 1.82) is 0 Å². The number of esters is 1. The Morgan fingerprint density at radius 3 is 2.65 bits per heavy atom. The summed E-state index contributed by atoms with van der Waals surface area (Å²) < 4.78 is 10.5. The van der Waals surface area contributed by atoms with Gasteiger partial charge in [0, 0.05) is 17.1 Å². The minimum absolute atomic E-state index is 0.170. The third kappa shape index (κ3) is 6.24. The van der Waals surface area contributed by atoms with Crippen molar-refractivity contribution in [3.63, 3.8) is 0 Å². The summed E-state index contributed by atoms with van der Waals surface area (Å²) >= 11 is 11.8. The standard InChI is InChI=1S/C19H19Cl2NO4/c1-2-25-19(24)13-5-3-6-15(11-13)22-18(23)7-4-10-26-17-9-8-14(20)12-16(17)21/h3,5-6,8-9,11-12H,2,4,7,10H2,1H3,(H,22,23). The monoisotopic (exact) mass is 395 g/mol. The van der Waals surface area contributed by atoms with Gasteiger partial charge in [0.1, 0.15) is 5.75 Å². The molecule has 0 bridgehead atoms. The lowest BCUT2D eigenvalue weighted by molar-refractivity contribution is -0.116. The highest BCUT2D eigenvalue weighted by Gasteiger charge is 2.09. The normalized spacial score (nSPS) is 10.3. The van der Waals surface area contributed by atoms with Gasteiger partial charge in [0.2, 0.25) is 5.91 Å². The summed E-state index contributed by atoms with van der Waals surface area (Å²) in [7, 11) is 0. The summed E-state index contributed by atoms with van der Waals surface area (Å²) in [4.78, 5) is 23.7. The molecule has 0 aliphatic heterocycles. The third-order valence-corrected chi connectivity index (χ3v) is 3.89. The number of halogens is 2. The maximum atomic E-state index is 12.0. The van der Waals surface area contributed by atoms with E-state index in [1.165, 1.54) is 0 Å². The molecule has 0 radical (unpaired) electrons. The molecule has 138 valence electrons. The van der Waals surface area contributed by atoms with Crippen LogP contribution in [0.1, 0.15) is 30.1 Å². The first-order valence-electron chi connectivity index (χ1n) is 8.14. The fraction of sp³-hybridized carbons (Fsp3) is 0.263. The first-order chi connectivity index (χ1) is 12.5. The lowest BCUT2D eigenvalue weighted by atomic mass is 10.2. The highest BCUT2D eigenvalue weighted by Crippen LogP contribution is 2.27. The smallest absolute Gasteiger partial charge is 0.338 e. The lowest BCUT2D eigenvalue weighted by Crippen LogP contribution is -2.13. The van der Waals surface area contributed by atoms with Gasteiger partial charge in [-0.15, -0.1) is 0 Å². The summed E-state index contributed by atoms with van der Waals surface area (Å²) in [6, 6.07) is 11.6. The van der Waals surface area contributed by atoms with Crippen molar-refractivity contribution in [3.05, 3.63) is 58.1 Å². The summed E-state index contributed by atoms with van der Waals surface area (Å²) in [5, 5.41) is 3.71. The first-order valence-corrected chi connectivity index (χ1v) is 8.90. The van der Waals surface area contributed by atoms with E-state index in [-0.39, 0.29) is 12.3 Å². The van der Waals surface area contributed by atoms with Gasteiger partial charge in [-0.3, -0.25) is 4.79 Å². The Hall–Kier alpha value is -2.24. The number of hydrogen-bond donors (Lipinski definition) is 1. The van der Waals surface area contributed by atoms with Crippen molar-refractivity contribution in [1.82, 2.24) is 0 Å². The van der Waals surface area contributed by atoms with Crippen LogP contribution in [0, 0.1) is 0 Å². The van der Waals surface area contributed by atoms with E-state index < -0.39 is 5.97 Å². The molecule has 0 saturated heterocycles. The van der Waals surface area contributed by atoms with Gasteiger partial charge in [-0.1, -0.05) is 29.3 Å². The Kier molecular flexibility index (Phi) is 7.75. The fourth-order valence-corrected chi connectivity index (χ4v) is 2.63. The molecular formula is C19H19Cl2NO4. The van der Waals surface area contributed by atoms with Gasteiger partial charge >= 0.3 is 5.97 Å². The van der Waals surface area contributed by atoms with Crippen molar-refractivity contribution in [2.75, 3.05) is 18.5 Å². The zero-order valence-electron chi connectivity index (χ0n) is 14.3. The van der Waals surface area contributed by atoms with Crippen LogP contribution in [0.25, 0.3) is 0 Å². The Bertz CT molecular complexity index is 780. The first kappa shape index (κ1) is 20.1. The molecule has 0 fully saturated rings. The average Bonchev–Trinajstić information content (AvgIpc) is 2.60. The predicted octanol–water partition coefficient (Wildman–Crippen LogP) is 4.97. The van der Waals surface area contributed by atoms with Crippen LogP contribution in [0.5, 0.6) is 5.75 Å². The summed E-state index contributed by atoms with van der Waals surface area (Å²) in [5.41, 5.74) is 0.938. The van der Waals surface area contributed by atoms with E-state index in [0.717, 1.165) is 0 Å².